The van der Waals surface area contributed by atoms with Gasteiger partial charge >= 0.3 is 0 Å². The normalized spacial score (nSPS) is 25.1. The van der Waals surface area contributed by atoms with Gasteiger partial charge in [0, 0.05) is 37.9 Å². The molecule has 2 aliphatic rings. The van der Waals surface area contributed by atoms with E-state index in [1.807, 2.05) is 0 Å². The molecule has 2 aromatic rings. The predicted molar refractivity (Wildman–Crippen MR) is 107 cm³/mol. The largest absolute Gasteiger partial charge is 0.337 e. The van der Waals surface area contributed by atoms with E-state index in [1.54, 1.807) is 0 Å². The van der Waals surface area contributed by atoms with E-state index in [0.717, 1.165) is 25.9 Å². The Balaban J connectivity index is 1.39. The van der Waals surface area contributed by atoms with Crippen molar-refractivity contribution in [3.8, 4) is 0 Å². The van der Waals surface area contributed by atoms with Gasteiger partial charge in [-0.25, -0.2) is 0 Å². The number of hydrogen-bond acceptors (Lipinski definition) is 3. The number of nitrogens with zero attached hydrogens (tertiary/aromatic N) is 4. The van der Waals surface area contributed by atoms with Crippen molar-refractivity contribution in [3.63, 3.8) is 0 Å². The van der Waals surface area contributed by atoms with E-state index in [0.29, 0.717) is 17.4 Å². The minimum atomic E-state index is 0.320. The first-order valence-corrected chi connectivity index (χ1v) is 10.1. The molecular weight excluding hydrogens is 344 g/mol. The molecule has 2 saturated heterocycles. The fraction of sp³-hybridized carbons (Fsp3) is 0.526. The average Bonchev–Trinajstić information content (AvgIpc) is 3.37. The topological polar surface area (TPSA) is 40.4 Å². The summed E-state index contributed by atoms with van der Waals surface area (Å²) in [7, 11) is 0. The summed E-state index contributed by atoms with van der Waals surface area (Å²) in [5.74, 6) is 0. The van der Waals surface area contributed by atoms with Crippen LogP contribution in [0.4, 0.5) is 0 Å². The quantitative estimate of drug-likeness (QED) is 0.807. The number of hydrazine groups is 2. The molecule has 6 nitrogen and oxygen atoms in total. The van der Waals surface area contributed by atoms with Crippen LogP contribution in [-0.4, -0.2) is 37.4 Å². The smallest absolute Gasteiger partial charge is 0.195 e. The second kappa shape index (κ2) is 8.24. The van der Waals surface area contributed by atoms with E-state index in [9.17, 15) is 0 Å². The Morgan fingerprint density at radius 3 is 1.54 bits per heavy atom. The van der Waals surface area contributed by atoms with Crippen molar-refractivity contribution in [2.75, 3.05) is 13.1 Å². The molecule has 140 valence electrons. The third-order valence-electron chi connectivity index (χ3n) is 5.38. The van der Waals surface area contributed by atoms with Crippen molar-refractivity contribution in [2.45, 2.75) is 50.9 Å². The van der Waals surface area contributed by atoms with Gasteiger partial charge in [-0.2, -0.15) is 10.0 Å². The highest BCUT2D eigenvalue weighted by atomic mass is 32.1. The highest BCUT2D eigenvalue weighted by Crippen LogP contribution is 2.25. The third kappa shape index (κ3) is 3.95. The van der Waals surface area contributed by atoms with Crippen LogP contribution in [0.1, 0.15) is 50.9 Å². The van der Waals surface area contributed by atoms with Gasteiger partial charge < -0.3 is 9.13 Å². The van der Waals surface area contributed by atoms with Gasteiger partial charge in [-0.05, 0) is 75.0 Å². The first kappa shape index (κ1) is 17.6. The zero-order valence-corrected chi connectivity index (χ0v) is 15.9. The molecule has 2 aromatic heterocycles. The zero-order chi connectivity index (χ0) is 17.8. The summed E-state index contributed by atoms with van der Waals surface area (Å²) in [6.45, 7) is 2.01. The van der Waals surface area contributed by atoms with E-state index in [-0.39, 0.29) is 0 Å². The second-order valence-electron chi connectivity index (χ2n) is 7.15. The van der Waals surface area contributed by atoms with Crippen LogP contribution in [0, 0.1) is 0 Å². The molecule has 2 unspecified atom stereocenters. The van der Waals surface area contributed by atoms with Crippen LogP contribution in [0.2, 0.25) is 0 Å². The molecule has 0 saturated carbocycles. The second-order valence-corrected chi connectivity index (χ2v) is 7.56. The van der Waals surface area contributed by atoms with Gasteiger partial charge in [0.2, 0.25) is 0 Å². The first-order chi connectivity index (χ1) is 12.8. The Morgan fingerprint density at radius 2 is 1.12 bits per heavy atom. The van der Waals surface area contributed by atoms with Gasteiger partial charge in [0.05, 0.1) is 0 Å². The lowest BCUT2D eigenvalue weighted by molar-refractivity contribution is 0.0472. The third-order valence-corrected chi connectivity index (χ3v) is 5.56. The molecule has 0 spiro atoms. The fourth-order valence-corrected chi connectivity index (χ4v) is 4.32. The molecule has 2 aliphatic heterocycles. The zero-order valence-electron chi connectivity index (χ0n) is 15.1. The van der Waals surface area contributed by atoms with Crippen LogP contribution in [0.15, 0.2) is 49.1 Å². The highest BCUT2D eigenvalue weighted by molar-refractivity contribution is 7.80. The van der Waals surface area contributed by atoms with Crippen molar-refractivity contribution >= 4 is 17.3 Å². The van der Waals surface area contributed by atoms with Gasteiger partial charge in [-0.3, -0.25) is 10.9 Å². The Labute approximate surface area is 160 Å². The van der Waals surface area contributed by atoms with Crippen molar-refractivity contribution in [3.05, 3.63) is 49.1 Å². The van der Waals surface area contributed by atoms with E-state index >= 15 is 0 Å². The lowest BCUT2D eigenvalue weighted by atomic mass is 10.1. The molecule has 26 heavy (non-hydrogen) atoms. The van der Waals surface area contributed by atoms with E-state index < -0.39 is 0 Å². The van der Waals surface area contributed by atoms with Crippen LogP contribution in [0.5, 0.6) is 0 Å². The minimum Gasteiger partial charge on any atom is -0.337 e. The number of hydrogen-bond donors (Lipinski definition) is 2. The SMILES string of the molecule is S=C(NN1CCCCC1n1cccc1)NN1CCCCC1n1cccc1. The molecule has 2 fully saturated rings. The molecule has 4 rings (SSSR count). The van der Waals surface area contributed by atoms with Gasteiger partial charge in [0.1, 0.15) is 12.3 Å². The Hall–Kier alpha value is -1.83. The maximum absolute atomic E-state index is 5.66. The number of piperidine rings is 2. The highest BCUT2D eigenvalue weighted by Gasteiger charge is 2.27. The maximum atomic E-state index is 5.66. The van der Waals surface area contributed by atoms with Crippen LogP contribution < -0.4 is 10.9 Å². The molecule has 0 aliphatic carbocycles. The minimum absolute atomic E-state index is 0.320. The van der Waals surface area contributed by atoms with Gasteiger partial charge in [0.25, 0.3) is 0 Å². The summed E-state index contributed by atoms with van der Waals surface area (Å²) in [5, 5.41) is 5.23. The van der Waals surface area contributed by atoms with Crippen molar-refractivity contribution in [1.29, 1.82) is 0 Å². The molecule has 2 atom stereocenters. The van der Waals surface area contributed by atoms with Crippen molar-refractivity contribution in [2.24, 2.45) is 0 Å². The summed E-state index contributed by atoms with van der Waals surface area (Å²) in [6.07, 6.45) is 16.3. The fourth-order valence-electron chi connectivity index (χ4n) is 4.09. The summed E-state index contributed by atoms with van der Waals surface area (Å²) in [6, 6.07) is 8.33. The number of aromatic nitrogens is 2. The number of nitrogens with one attached hydrogen (secondary N) is 2. The Morgan fingerprint density at radius 1 is 0.692 bits per heavy atom. The molecule has 2 N–H and O–H groups in total. The lowest BCUT2D eigenvalue weighted by Gasteiger charge is -2.40. The van der Waals surface area contributed by atoms with Crippen LogP contribution in [0.25, 0.3) is 0 Å². The summed E-state index contributed by atoms with van der Waals surface area (Å²) < 4.78 is 4.52. The molecule has 7 heteroatoms. The summed E-state index contributed by atoms with van der Waals surface area (Å²) in [5.41, 5.74) is 6.90. The van der Waals surface area contributed by atoms with Gasteiger partial charge in [-0.1, -0.05) is 0 Å². The monoisotopic (exact) mass is 372 g/mol. The van der Waals surface area contributed by atoms with E-state index in [1.165, 1.54) is 25.7 Å². The first-order valence-electron chi connectivity index (χ1n) is 9.67. The summed E-state index contributed by atoms with van der Waals surface area (Å²) in [4.78, 5) is 0. The molecular formula is C19H28N6S. The average molecular weight is 373 g/mol. The van der Waals surface area contributed by atoms with Crippen molar-refractivity contribution < 1.29 is 0 Å². The molecule has 4 heterocycles. The standard InChI is InChI=1S/C19H28N6S/c26-19(20-24-15-3-1-9-17(24)22-11-5-6-12-22)21-25-16-4-2-10-18(25)23-13-7-8-14-23/h5-8,11-14,17-18H,1-4,9-10,15-16H2,(H2,20,21,26). The molecule has 0 bridgehead atoms. The predicted octanol–water partition coefficient (Wildman–Crippen LogP) is 3.25. The number of thiocarbonyl (C=S) groups is 1. The molecule has 0 amide bonds. The van der Waals surface area contributed by atoms with Gasteiger partial charge in [-0.15, -0.1) is 0 Å². The van der Waals surface area contributed by atoms with Crippen LogP contribution in [0.3, 0.4) is 0 Å². The maximum Gasteiger partial charge on any atom is 0.195 e. The molecule has 0 aromatic carbocycles. The molecule has 0 radical (unpaired) electrons. The van der Waals surface area contributed by atoms with E-state index in [4.69, 9.17) is 12.2 Å². The summed E-state index contributed by atoms with van der Waals surface area (Å²) >= 11 is 5.66. The van der Waals surface area contributed by atoms with Crippen molar-refractivity contribution in [1.82, 2.24) is 30.0 Å². The van der Waals surface area contributed by atoms with Gasteiger partial charge in [0.15, 0.2) is 5.11 Å². The van der Waals surface area contributed by atoms with Crippen LogP contribution >= 0.6 is 12.2 Å². The van der Waals surface area contributed by atoms with E-state index in [2.05, 4.69) is 79.1 Å². The Kier molecular flexibility index (Phi) is 5.57. The Bertz CT molecular complexity index is 625. The lowest BCUT2D eigenvalue weighted by Crippen LogP contribution is -2.57. The number of rotatable bonds is 4. The van der Waals surface area contributed by atoms with Crippen LogP contribution in [-0.2, 0) is 0 Å².